The van der Waals surface area contributed by atoms with Crippen LogP contribution in [0.3, 0.4) is 0 Å². The number of hydrazone groups is 1. The van der Waals surface area contributed by atoms with Gasteiger partial charge in [-0.15, -0.1) is 0 Å². The molecule has 0 fully saturated rings. The van der Waals surface area contributed by atoms with Gasteiger partial charge in [0.1, 0.15) is 0 Å². The summed E-state index contributed by atoms with van der Waals surface area (Å²) in [6.07, 6.45) is 1.54. The van der Waals surface area contributed by atoms with Crippen molar-refractivity contribution < 1.29 is 9.59 Å². The van der Waals surface area contributed by atoms with Crippen LogP contribution in [0.25, 0.3) is 0 Å². The van der Waals surface area contributed by atoms with Gasteiger partial charge >= 0.3 is 0 Å². The van der Waals surface area contributed by atoms with Crippen LogP contribution in [-0.4, -0.2) is 23.0 Å². The van der Waals surface area contributed by atoms with E-state index in [1.807, 2.05) is 31.2 Å². The van der Waals surface area contributed by atoms with Crippen LogP contribution in [0.5, 0.6) is 0 Å². The van der Waals surface area contributed by atoms with Crippen LogP contribution >= 0.6 is 0 Å². The molecule has 0 aliphatic carbocycles. The smallest absolute Gasteiger partial charge is 0.267 e. The Kier molecular flexibility index (Phi) is 2.91. The topological polar surface area (TPSA) is 49.7 Å². The van der Waals surface area contributed by atoms with E-state index in [1.54, 1.807) is 24.3 Å². The van der Waals surface area contributed by atoms with Crippen LogP contribution in [0.15, 0.2) is 53.6 Å². The molecular formula is C16H12N2O2. The Balaban J connectivity index is 1.93. The Morgan fingerprint density at radius 1 is 0.900 bits per heavy atom. The van der Waals surface area contributed by atoms with Crippen LogP contribution < -0.4 is 0 Å². The lowest BCUT2D eigenvalue weighted by Gasteiger charge is -2.06. The maximum absolute atomic E-state index is 12.1. The summed E-state index contributed by atoms with van der Waals surface area (Å²) in [5, 5.41) is 4.95. The number of imide groups is 1. The first-order valence-electron chi connectivity index (χ1n) is 6.26. The van der Waals surface area contributed by atoms with Crippen molar-refractivity contribution in [2.45, 2.75) is 6.92 Å². The van der Waals surface area contributed by atoms with Crippen molar-refractivity contribution in [2.24, 2.45) is 5.10 Å². The van der Waals surface area contributed by atoms with Gasteiger partial charge in [-0.2, -0.15) is 10.1 Å². The lowest BCUT2D eigenvalue weighted by molar-refractivity contribution is 0.0660. The molecule has 1 aliphatic rings. The predicted octanol–water partition coefficient (Wildman–Crippen LogP) is 2.63. The highest BCUT2D eigenvalue weighted by molar-refractivity contribution is 6.21. The van der Waals surface area contributed by atoms with Gasteiger partial charge in [0, 0.05) is 0 Å². The zero-order valence-electron chi connectivity index (χ0n) is 10.9. The van der Waals surface area contributed by atoms with Crippen LogP contribution in [0, 0.1) is 6.92 Å². The number of carbonyl (C=O) groups excluding carboxylic acids is 2. The molecule has 4 nitrogen and oxygen atoms in total. The summed E-state index contributed by atoms with van der Waals surface area (Å²) >= 11 is 0. The lowest BCUT2D eigenvalue weighted by Crippen LogP contribution is -2.24. The molecule has 2 aromatic carbocycles. The van der Waals surface area contributed by atoms with E-state index in [9.17, 15) is 9.59 Å². The monoisotopic (exact) mass is 264 g/mol. The first-order chi connectivity index (χ1) is 9.68. The van der Waals surface area contributed by atoms with Crippen molar-refractivity contribution in [3.63, 3.8) is 0 Å². The van der Waals surface area contributed by atoms with Crippen molar-refractivity contribution in [1.29, 1.82) is 0 Å². The molecule has 0 radical (unpaired) electrons. The SMILES string of the molecule is Cc1ccccc1C=NN1C(=O)c2ccccc2C1=O. The first-order valence-corrected chi connectivity index (χ1v) is 6.26. The lowest BCUT2D eigenvalue weighted by atomic mass is 10.1. The number of aryl methyl sites for hydroxylation is 1. The highest BCUT2D eigenvalue weighted by Crippen LogP contribution is 2.22. The van der Waals surface area contributed by atoms with Gasteiger partial charge in [-0.1, -0.05) is 36.4 Å². The molecule has 0 bridgehead atoms. The Morgan fingerprint density at radius 2 is 1.45 bits per heavy atom. The van der Waals surface area contributed by atoms with E-state index < -0.39 is 0 Å². The molecule has 4 heteroatoms. The van der Waals surface area contributed by atoms with Crippen molar-refractivity contribution in [3.8, 4) is 0 Å². The molecule has 0 aromatic heterocycles. The van der Waals surface area contributed by atoms with E-state index >= 15 is 0 Å². The van der Waals surface area contributed by atoms with E-state index in [0.29, 0.717) is 11.1 Å². The maximum Gasteiger partial charge on any atom is 0.282 e. The van der Waals surface area contributed by atoms with Gasteiger partial charge in [-0.05, 0) is 30.2 Å². The standard InChI is InChI=1S/C16H12N2O2/c1-11-6-2-3-7-12(11)10-17-18-15(19)13-8-4-5-9-14(13)16(18)20/h2-10H,1H3. The van der Waals surface area contributed by atoms with E-state index in [1.165, 1.54) is 6.21 Å². The molecule has 0 N–H and O–H groups in total. The summed E-state index contributed by atoms with van der Waals surface area (Å²) in [5.74, 6) is -0.758. The van der Waals surface area contributed by atoms with Gasteiger partial charge in [0.2, 0.25) is 0 Å². The summed E-state index contributed by atoms with van der Waals surface area (Å²) < 4.78 is 0. The molecule has 2 amide bonds. The summed E-state index contributed by atoms with van der Waals surface area (Å²) in [7, 11) is 0. The predicted molar refractivity (Wildman–Crippen MR) is 75.7 cm³/mol. The number of benzene rings is 2. The molecule has 1 aliphatic heterocycles. The quantitative estimate of drug-likeness (QED) is 0.618. The van der Waals surface area contributed by atoms with Crippen molar-refractivity contribution >= 4 is 18.0 Å². The van der Waals surface area contributed by atoms with E-state index in [-0.39, 0.29) is 11.8 Å². The molecule has 0 atom stereocenters. The minimum Gasteiger partial charge on any atom is -0.267 e. The van der Waals surface area contributed by atoms with Gasteiger partial charge in [0.15, 0.2) is 0 Å². The average molecular weight is 264 g/mol. The van der Waals surface area contributed by atoms with Crippen molar-refractivity contribution in [2.75, 3.05) is 0 Å². The minimum atomic E-state index is -0.379. The Morgan fingerprint density at radius 3 is 2.05 bits per heavy atom. The molecule has 0 saturated carbocycles. The summed E-state index contributed by atoms with van der Waals surface area (Å²) in [4.78, 5) is 24.2. The van der Waals surface area contributed by atoms with Crippen LogP contribution in [-0.2, 0) is 0 Å². The Labute approximate surface area is 116 Å². The molecule has 3 rings (SSSR count). The van der Waals surface area contributed by atoms with Gasteiger partial charge in [-0.3, -0.25) is 9.59 Å². The zero-order valence-corrected chi connectivity index (χ0v) is 10.9. The molecule has 0 saturated heterocycles. The first kappa shape index (κ1) is 12.3. The van der Waals surface area contributed by atoms with Gasteiger partial charge in [-0.25, -0.2) is 0 Å². The fourth-order valence-electron chi connectivity index (χ4n) is 2.13. The number of hydrogen-bond acceptors (Lipinski definition) is 3. The van der Waals surface area contributed by atoms with E-state index in [0.717, 1.165) is 16.1 Å². The number of nitrogens with zero attached hydrogens (tertiary/aromatic N) is 2. The largest absolute Gasteiger partial charge is 0.282 e. The van der Waals surface area contributed by atoms with Gasteiger partial charge in [0.25, 0.3) is 11.8 Å². The zero-order chi connectivity index (χ0) is 14.1. The maximum atomic E-state index is 12.1. The van der Waals surface area contributed by atoms with Gasteiger partial charge < -0.3 is 0 Å². The molecule has 2 aromatic rings. The van der Waals surface area contributed by atoms with Crippen LogP contribution in [0.4, 0.5) is 0 Å². The van der Waals surface area contributed by atoms with E-state index in [2.05, 4.69) is 5.10 Å². The third-order valence-corrected chi connectivity index (χ3v) is 3.27. The summed E-state index contributed by atoms with van der Waals surface area (Å²) in [5.41, 5.74) is 2.72. The average Bonchev–Trinajstić information content (AvgIpc) is 2.71. The number of hydrogen-bond donors (Lipinski definition) is 0. The molecule has 0 spiro atoms. The fraction of sp³-hybridized carbons (Fsp3) is 0.0625. The second-order valence-corrected chi connectivity index (χ2v) is 4.57. The van der Waals surface area contributed by atoms with Crippen molar-refractivity contribution in [1.82, 2.24) is 5.01 Å². The molecular weight excluding hydrogens is 252 g/mol. The molecule has 1 heterocycles. The molecule has 98 valence electrons. The molecule has 20 heavy (non-hydrogen) atoms. The van der Waals surface area contributed by atoms with Crippen molar-refractivity contribution in [3.05, 3.63) is 70.8 Å². The second kappa shape index (κ2) is 4.74. The Hall–Kier alpha value is -2.75. The van der Waals surface area contributed by atoms with Crippen LogP contribution in [0.1, 0.15) is 31.8 Å². The number of amides is 2. The summed E-state index contributed by atoms with van der Waals surface area (Å²) in [6.45, 7) is 1.95. The van der Waals surface area contributed by atoms with Gasteiger partial charge in [0.05, 0.1) is 17.3 Å². The minimum absolute atomic E-state index is 0.379. The number of rotatable bonds is 2. The van der Waals surface area contributed by atoms with E-state index in [4.69, 9.17) is 0 Å². The second-order valence-electron chi connectivity index (χ2n) is 4.57. The normalized spacial score (nSPS) is 14.2. The highest BCUT2D eigenvalue weighted by atomic mass is 16.2. The molecule has 0 unspecified atom stereocenters. The third kappa shape index (κ3) is 1.91. The fourth-order valence-corrected chi connectivity index (χ4v) is 2.13. The third-order valence-electron chi connectivity index (χ3n) is 3.27. The number of fused-ring (bicyclic) bond motifs is 1. The highest BCUT2D eigenvalue weighted by Gasteiger charge is 2.35. The summed E-state index contributed by atoms with van der Waals surface area (Å²) in [6, 6.07) is 14.4. The van der Waals surface area contributed by atoms with Crippen LogP contribution in [0.2, 0.25) is 0 Å². The number of carbonyl (C=O) groups is 2. The Bertz CT molecular complexity index is 700.